The van der Waals surface area contributed by atoms with Crippen molar-refractivity contribution >= 4 is 16.0 Å². The number of hydrogen-bond acceptors (Lipinski definition) is 4. The molecule has 25 heavy (non-hydrogen) atoms. The molecule has 0 radical (unpaired) electrons. The van der Waals surface area contributed by atoms with E-state index in [9.17, 15) is 18.3 Å². The van der Waals surface area contributed by atoms with E-state index in [-0.39, 0.29) is 18.2 Å². The molecule has 1 aromatic carbocycles. The fourth-order valence-corrected chi connectivity index (χ4v) is 5.34. The van der Waals surface area contributed by atoms with Crippen molar-refractivity contribution in [1.29, 1.82) is 0 Å². The van der Waals surface area contributed by atoms with Gasteiger partial charge in [-0.25, -0.2) is 12.7 Å². The summed E-state index contributed by atoms with van der Waals surface area (Å²) < 4.78 is 25.6. The van der Waals surface area contributed by atoms with E-state index in [1.54, 1.807) is 6.92 Å². The molecule has 2 saturated heterocycles. The van der Waals surface area contributed by atoms with Gasteiger partial charge in [0.05, 0.1) is 11.2 Å². The van der Waals surface area contributed by atoms with Crippen LogP contribution in [0.5, 0.6) is 0 Å². The van der Waals surface area contributed by atoms with Crippen LogP contribution in [0.2, 0.25) is 0 Å². The number of sulfonamides is 1. The summed E-state index contributed by atoms with van der Waals surface area (Å²) in [5.41, 5.74) is 0.338. The van der Waals surface area contributed by atoms with Crippen molar-refractivity contribution in [3.63, 3.8) is 0 Å². The van der Waals surface area contributed by atoms with Crippen LogP contribution >= 0.6 is 0 Å². The van der Waals surface area contributed by atoms with Gasteiger partial charge in [0.15, 0.2) is 0 Å². The SMILES string of the molecule is CCS(=O)(=O)N1C[C@@H]2CN(CCCc3ccccc3)C[C@]2(C(=O)O)C1. The molecular weight excluding hydrogens is 340 g/mol. The van der Waals surface area contributed by atoms with Gasteiger partial charge in [0, 0.05) is 32.1 Å². The van der Waals surface area contributed by atoms with Gasteiger partial charge in [-0.1, -0.05) is 30.3 Å². The smallest absolute Gasteiger partial charge is 0.312 e. The van der Waals surface area contributed by atoms with Crippen molar-refractivity contribution in [2.75, 3.05) is 38.5 Å². The lowest BCUT2D eigenvalue weighted by Crippen LogP contribution is -2.42. The van der Waals surface area contributed by atoms with Crippen LogP contribution in [0.4, 0.5) is 0 Å². The zero-order chi connectivity index (χ0) is 18.1. The number of nitrogens with zero attached hydrogens (tertiary/aromatic N) is 2. The van der Waals surface area contributed by atoms with E-state index in [1.807, 2.05) is 18.2 Å². The van der Waals surface area contributed by atoms with Gasteiger partial charge < -0.3 is 10.0 Å². The minimum absolute atomic E-state index is 0.0240. The first-order valence-electron chi connectivity index (χ1n) is 8.85. The van der Waals surface area contributed by atoms with Crippen LogP contribution in [0.15, 0.2) is 30.3 Å². The van der Waals surface area contributed by atoms with Crippen LogP contribution in [0, 0.1) is 11.3 Å². The zero-order valence-corrected chi connectivity index (χ0v) is 15.4. The van der Waals surface area contributed by atoms with Crippen LogP contribution in [0.1, 0.15) is 18.9 Å². The Hall–Kier alpha value is -1.44. The van der Waals surface area contributed by atoms with Gasteiger partial charge in [-0.15, -0.1) is 0 Å². The molecule has 2 aliphatic rings. The molecule has 138 valence electrons. The predicted molar refractivity (Wildman–Crippen MR) is 95.8 cm³/mol. The highest BCUT2D eigenvalue weighted by Crippen LogP contribution is 2.43. The maximum absolute atomic E-state index is 12.1. The van der Waals surface area contributed by atoms with Gasteiger partial charge in [-0.2, -0.15) is 0 Å². The number of aryl methyl sites for hydroxylation is 1. The fraction of sp³-hybridized carbons (Fsp3) is 0.611. The van der Waals surface area contributed by atoms with Crippen LogP contribution in [-0.2, 0) is 21.2 Å². The highest BCUT2D eigenvalue weighted by atomic mass is 32.2. The van der Waals surface area contributed by atoms with Gasteiger partial charge in [0.2, 0.25) is 10.0 Å². The molecule has 0 aromatic heterocycles. The second-order valence-corrected chi connectivity index (χ2v) is 9.43. The summed E-state index contributed by atoms with van der Waals surface area (Å²) in [5, 5.41) is 9.80. The van der Waals surface area contributed by atoms with E-state index in [0.29, 0.717) is 19.6 Å². The molecule has 2 aliphatic heterocycles. The topological polar surface area (TPSA) is 77.9 Å². The summed E-state index contributed by atoms with van der Waals surface area (Å²) in [7, 11) is -3.33. The number of likely N-dealkylation sites (tertiary alicyclic amines) is 1. The molecule has 1 N–H and O–H groups in total. The molecule has 6 nitrogen and oxygen atoms in total. The van der Waals surface area contributed by atoms with Crippen LogP contribution in [0.3, 0.4) is 0 Å². The van der Waals surface area contributed by atoms with Crippen molar-refractivity contribution in [2.45, 2.75) is 19.8 Å². The molecule has 2 fully saturated rings. The Kier molecular flexibility index (Phi) is 5.18. The summed E-state index contributed by atoms with van der Waals surface area (Å²) in [4.78, 5) is 14.2. The quantitative estimate of drug-likeness (QED) is 0.787. The average molecular weight is 366 g/mol. The Labute approximate surface area is 149 Å². The number of aliphatic carboxylic acids is 1. The lowest BCUT2D eigenvalue weighted by molar-refractivity contribution is -0.148. The standard InChI is InChI=1S/C18H26N2O4S/c1-2-25(23,24)20-12-16-11-19(13-18(16,14-20)17(21)22)10-6-9-15-7-4-3-5-8-15/h3-5,7-8,16H,2,6,9-14H2,1H3,(H,21,22)/t16-,18-/m0/s1. The minimum atomic E-state index is -3.33. The van der Waals surface area contributed by atoms with Gasteiger partial charge in [-0.05, 0) is 31.9 Å². The highest BCUT2D eigenvalue weighted by molar-refractivity contribution is 7.89. The van der Waals surface area contributed by atoms with Crippen molar-refractivity contribution in [3.05, 3.63) is 35.9 Å². The third-order valence-corrected chi connectivity index (χ3v) is 7.41. The van der Waals surface area contributed by atoms with Crippen molar-refractivity contribution in [3.8, 4) is 0 Å². The van der Waals surface area contributed by atoms with Gasteiger partial charge >= 0.3 is 5.97 Å². The van der Waals surface area contributed by atoms with E-state index < -0.39 is 21.4 Å². The number of carbonyl (C=O) groups is 1. The first-order valence-corrected chi connectivity index (χ1v) is 10.5. The summed E-state index contributed by atoms with van der Waals surface area (Å²) in [5.74, 6) is -0.962. The van der Waals surface area contributed by atoms with Gasteiger partial charge in [0.25, 0.3) is 0 Å². The van der Waals surface area contributed by atoms with Crippen LogP contribution in [-0.4, -0.2) is 67.2 Å². The van der Waals surface area contributed by atoms with Crippen LogP contribution < -0.4 is 0 Å². The van der Waals surface area contributed by atoms with Gasteiger partial charge in [-0.3, -0.25) is 4.79 Å². The van der Waals surface area contributed by atoms with Crippen molar-refractivity contribution in [2.24, 2.45) is 11.3 Å². The molecule has 0 saturated carbocycles. The lowest BCUT2D eigenvalue weighted by atomic mass is 9.81. The molecule has 2 atom stereocenters. The molecule has 0 aliphatic carbocycles. The third-order valence-electron chi connectivity index (χ3n) is 5.62. The number of carboxylic acid groups (broad SMARTS) is 1. The van der Waals surface area contributed by atoms with Gasteiger partial charge in [0.1, 0.15) is 0 Å². The highest BCUT2D eigenvalue weighted by Gasteiger charge is 2.59. The molecule has 3 rings (SSSR count). The summed E-state index contributed by atoms with van der Waals surface area (Å²) >= 11 is 0. The van der Waals surface area contributed by atoms with E-state index >= 15 is 0 Å². The second-order valence-electron chi connectivity index (χ2n) is 7.18. The number of benzene rings is 1. The normalized spacial score (nSPS) is 27.5. The summed E-state index contributed by atoms with van der Waals surface area (Å²) in [6, 6.07) is 10.3. The van der Waals surface area contributed by atoms with E-state index in [4.69, 9.17) is 0 Å². The molecule has 0 amide bonds. The van der Waals surface area contributed by atoms with Crippen molar-refractivity contribution in [1.82, 2.24) is 9.21 Å². The van der Waals surface area contributed by atoms with E-state index in [0.717, 1.165) is 19.4 Å². The monoisotopic (exact) mass is 366 g/mol. The summed E-state index contributed by atoms with van der Waals surface area (Å²) in [6.07, 6.45) is 1.95. The third kappa shape index (κ3) is 3.59. The zero-order valence-electron chi connectivity index (χ0n) is 14.6. The first-order chi connectivity index (χ1) is 11.9. The Balaban J connectivity index is 1.61. The van der Waals surface area contributed by atoms with Crippen LogP contribution in [0.25, 0.3) is 0 Å². The Morgan fingerprint density at radius 1 is 1.24 bits per heavy atom. The fourth-order valence-electron chi connectivity index (χ4n) is 4.14. The molecular formula is C18H26N2O4S. The number of hydrogen-bond donors (Lipinski definition) is 1. The predicted octanol–water partition coefficient (Wildman–Crippen LogP) is 1.29. The molecule has 0 bridgehead atoms. The number of carboxylic acids is 1. The maximum atomic E-state index is 12.1. The summed E-state index contributed by atoms with van der Waals surface area (Å²) in [6.45, 7) is 4.00. The number of fused-ring (bicyclic) bond motifs is 1. The number of rotatable bonds is 7. The second kappa shape index (κ2) is 7.05. The first kappa shape index (κ1) is 18.4. The molecule has 0 unspecified atom stereocenters. The molecule has 2 heterocycles. The molecule has 7 heteroatoms. The lowest BCUT2D eigenvalue weighted by Gasteiger charge is -2.25. The molecule has 1 aromatic rings. The van der Waals surface area contributed by atoms with E-state index in [1.165, 1.54) is 9.87 Å². The Bertz CT molecular complexity index is 722. The molecule has 0 spiro atoms. The van der Waals surface area contributed by atoms with E-state index in [2.05, 4.69) is 17.0 Å². The largest absolute Gasteiger partial charge is 0.481 e. The average Bonchev–Trinajstić information content (AvgIpc) is 3.11. The Morgan fingerprint density at radius 3 is 2.56 bits per heavy atom. The maximum Gasteiger partial charge on any atom is 0.312 e. The Morgan fingerprint density at radius 2 is 1.96 bits per heavy atom. The minimum Gasteiger partial charge on any atom is -0.481 e. The van der Waals surface area contributed by atoms with Crippen molar-refractivity contribution < 1.29 is 18.3 Å².